The maximum absolute atomic E-state index is 11.7. The zero-order valence-corrected chi connectivity index (χ0v) is 12.5. The standard InChI is InChI=1S/C14H26N2O2.ClH/c17-14(2-1-13-3-7-15-11-13)16-8-4-12-5-9-18-10-6-12;/h12-13,15H,1-11H2,(H,16,17);1H. The predicted octanol–water partition coefficient (Wildman–Crippen LogP) is 1.73. The summed E-state index contributed by atoms with van der Waals surface area (Å²) in [5, 5.41) is 6.39. The van der Waals surface area contributed by atoms with E-state index in [1.54, 1.807) is 0 Å². The van der Waals surface area contributed by atoms with Crippen molar-refractivity contribution in [1.29, 1.82) is 0 Å². The zero-order chi connectivity index (χ0) is 12.6. The Balaban J connectivity index is 0.00000180. The molecule has 1 unspecified atom stereocenters. The first-order valence-corrected chi connectivity index (χ1v) is 7.40. The minimum atomic E-state index is 0. The summed E-state index contributed by atoms with van der Waals surface area (Å²) in [4.78, 5) is 11.7. The van der Waals surface area contributed by atoms with Gasteiger partial charge < -0.3 is 15.4 Å². The molecule has 19 heavy (non-hydrogen) atoms. The highest BCUT2D eigenvalue weighted by molar-refractivity contribution is 5.85. The van der Waals surface area contributed by atoms with Crippen LogP contribution in [0.4, 0.5) is 0 Å². The van der Waals surface area contributed by atoms with Crippen LogP contribution < -0.4 is 10.6 Å². The molecule has 0 aromatic rings. The number of hydrogen-bond donors (Lipinski definition) is 2. The SMILES string of the molecule is Cl.O=C(CCC1CCNC1)NCCC1CCOCC1. The van der Waals surface area contributed by atoms with Crippen LogP contribution in [0.2, 0.25) is 0 Å². The molecule has 2 rings (SSSR count). The Hall–Kier alpha value is -0.320. The van der Waals surface area contributed by atoms with E-state index in [9.17, 15) is 4.79 Å². The third-order valence-corrected chi connectivity index (χ3v) is 4.16. The lowest BCUT2D eigenvalue weighted by Gasteiger charge is -2.21. The van der Waals surface area contributed by atoms with E-state index in [1.165, 1.54) is 6.42 Å². The summed E-state index contributed by atoms with van der Waals surface area (Å²) in [5.41, 5.74) is 0. The third-order valence-electron chi connectivity index (χ3n) is 4.16. The average molecular weight is 291 g/mol. The molecule has 4 nitrogen and oxygen atoms in total. The van der Waals surface area contributed by atoms with Gasteiger partial charge in [0.05, 0.1) is 0 Å². The predicted molar refractivity (Wildman–Crippen MR) is 78.6 cm³/mol. The van der Waals surface area contributed by atoms with E-state index in [0.717, 1.165) is 64.4 Å². The summed E-state index contributed by atoms with van der Waals surface area (Å²) in [6, 6.07) is 0. The molecule has 2 aliphatic heterocycles. The molecular formula is C14H27ClN2O2. The second kappa shape index (κ2) is 9.56. The van der Waals surface area contributed by atoms with Gasteiger partial charge in [-0.05, 0) is 57.0 Å². The monoisotopic (exact) mass is 290 g/mol. The van der Waals surface area contributed by atoms with Crippen molar-refractivity contribution >= 4 is 18.3 Å². The Kier molecular flexibility index (Phi) is 8.42. The largest absolute Gasteiger partial charge is 0.381 e. The minimum Gasteiger partial charge on any atom is -0.381 e. The van der Waals surface area contributed by atoms with Gasteiger partial charge in [0.15, 0.2) is 0 Å². The van der Waals surface area contributed by atoms with Gasteiger partial charge in [-0.25, -0.2) is 0 Å². The molecule has 2 heterocycles. The quantitative estimate of drug-likeness (QED) is 0.783. The van der Waals surface area contributed by atoms with E-state index in [1.807, 2.05) is 0 Å². The highest BCUT2D eigenvalue weighted by Gasteiger charge is 2.16. The zero-order valence-electron chi connectivity index (χ0n) is 11.7. The number of rotatable bonds is 6. The van der Waals surface area contributed by atoms with Crippen molar-refractivity contribution in [3.63, 3.8) is 0 Å². The highest BCUT2D eigenvalue weighted by Crippen LogP contribution is 2.17. The second-order valence-corrected chi connectivity index (χ2v) is 5.59. The maximum Gasteiger partial charge on any atom is 0.220 e. The number of carbonyl (C=O) groups excluding carboxylic acids is 1. The molecule has 0 aromatic carbocycles. The lowest BCUT2D eigenvalue weighted by Crippen LogP contribution is -2.27. The number of hydrogen-bond acceptors (Lipinski definition) is 3. The molecule has 2 saturated heterocycles. The first kappa shape index (κ1) is 16.7. The van der Waals surface area contributed by atoms with E-state index in [-0.39, 0.29) is 18.3 Å². The lowest BCUT2D eigenvalue weighted by molar-refractivity contribution is -0.121. The Morgan fingerprint density at radius 2 is 1.95 bits per heavy atom. The van der Waals surface area contributed by atoms with Gasteiger partial charge >= 0.3 is 0 Å². The minimum absolute atomic E-state index is 0. The number of nitrogens with one attached hydrogen (secondary N) is 2. The molecule has 0 saturated carbocycles. The fourth-order valence-corrected chi connectivity index (χ4v) is 2.84. The van der Waals surface area contributed by atoms with Crippen molar-refractivity contribution in [2.75, 3.05) is 32.8 Å². The van der Waals surface area contributed by atoms with Gasteiger partial charge in [0.2, 0.25) is 5.91 Å². The maximum atomic E-state index is 11.7. The average Bonchev–Trinajstić information content (AvgIpc) is 2.91. The van der Waals surface area contributed by atoms with Crippen LogP contribution in [0.5, 0.6) is 0 Å². The van der Waals surface area contributed by atoms with E-state index in [0.29, 0.717) is 12.3 Å². The van der Waals surface area contributed by atoms with Crippen molar-refractivity contribution in [1.82, 2.24) is 10.6 Å². The first-order valence-electron chi connectivity index (χ1n) is 7.40. The van der Waals surface area contributed by atoms with Crippen molar-refractivity contribution < 1.29 is 9.53 Å². The van der Waals surface area contributed by atoms with Crippen LogP contribution in [-0.2, 0) is 9.53 Å². The summed E-state index contributed by atoms with van der Waals surface area (Å²) >= 11 is 0. The summed E-state index contributed by atoms with van der Waals surface area (Å²) in [6.45, 7) is 4.85. The molecule has 2 N–H and O–H groups in total. The molecule has 2 fully saturated rings. The topological polar surface area (TPSA) is 50.4 Å². The molecule has 0 aromatic heterocycles. The van der Waals surface area contributed by atoms with E-state index in [2.05, 4.69) is 10.6 Å². The van der Waals surface area contributed by atoms with Crippen LogP contribution >= 0.6 is 12.4 Å². The normalized spacial score (nSPS) is 23.9. The summed E-state index contributed by atoms with van der Waals surface area (Å²) < 4.78 is 5.33. The first-order chi connectivity index (χ1) is 8.84. The molecule has 0 bridgehead atoms. The molecular weight excluding hydrogens is 264 g/mol. The Labute approximate surface area is 122 Å². The third kappa shape index (κ3) is 6.59. The molecule has 1 atom stereocenters. The van der Waals surface area contributed by atoms with Gasteiger partial charge in [0.25, 0.3) is 0 Å². The molecule has 0 spiro atoms. The van der Waals surface area contributed by atoms with Crippen LogP contribution in [0.3, 0.4) is 0 Å². The molecule has 112 valence electrons. The fraction of sp³-hybridized carbons (Fsp3) is 0.929. The van der Waals surface area contributed by atoms with Gasteiger partial charge in [-0.2, -0.15) is 0 Å². The van der Waals surface area contributed by atoms with E-state index >= 15 is 0 Å². The van der Waals surface area contributed by atoms with Crippen molar-refractivity contribution in [2.24, 2.45) is 11.8 Å². The smallest absolute Gasteiger partial charge is 0.220 e. The van der Waals surface area contributed by atoms with Gasteiger partial charge in [-0.15, -0.1) is 12.4 Å². The summed E-state index contributed by atoms with van der Waals surface area (Å²) in [7, 11) is 0. The van der Waals surface area contributed by atoms with Gasteiger partial charge in [0, 0.05) is 26.2 Å². The molecule has 5 heteroatoms. The highest BCUT2D eigenvalue weighted by atomic mass is 35.5. The van der Waals surface area contributed by atoms with E-state index < -0.39 is 0 Å². The van der Waals surface area contributed by atoms with Gasteiger partial charge in [0.1, 0.15) is 0 Å². The number of carbonyl (C=O) groups is 1. The summed E-state index contributed by atoms with van der Waals surface area (Å²) in [6.07, 6.45) is 6.39. The van der Waals surface area contributed by atoms with E-state index in [4.69, 9.17) is 4.74 Å². The number of halogens is 1. The Morgan fingerprint density at radius 1 is 1.16 bits per heavy atom. The summed E-state index contributed by atoms with van der Waals surface area (Å²) in [5.74, 6) is 1.69. The molecule has 2 aliphatic rings. The molecule has 1 amide bonds. The lowest BCUT2D eigenvalue weighted by atomic mass is 9.96. The van der Waals surface area contributed by atoms with Crippen LogP contribution in [0.15, 0.2) is 0 Å². The van der Waals surface area contributed by atoms with Gasteiger partial charge in [-0.1, -0.05) is 0 Å². The van der Waals surface area contributed by atoms with Crippen LogP contribution in [-0.4, -0.2) is 38.8 Å². The van der Waals surface area contributed by atoms with Crippen LogP contribution in [0, 0.1) is 11.8 Å². The fourth-order valence-electron chi connectivity index (χ4n) is 2.84. The Bertz CT molecular complexity index is 252. The number of ether oxygens (including phenoxy) is 1. The van der Waals surface area contributed by atoms with Crippen molar-refractivity contribution in [2.45, 2.75) is 38.5 Å². The Morgan fingerprint density at radius 3 is 2.63 bits per heavy atom. The van der Waals surface area contributed by atoms with Crippen molar-refractivity contribution in [3.05, 3.63) is 0 Å². The molecule has 0 radical (unpaired) electrons. The number of amides is 1. The molecule has 0 aliphatic carbocycles. The van der Waals surface area contributed by atoms with Crippen LogP contribution in [0.25, 0.3) is 0 Å². The second-order valence-electron chi connectivity index (χ2n) is 5.59. The van der Waals surface area contributed by atoms with Crippen LogP contribution in [0.1, 0.15) is 38.5 Å². The van der Waals surface area contributed by atoms with Crippen molar-refractivity contribution in [3.8, 4) is 0 Å². The van der Waals surface area contributed by atoms with Gasteiger partial charge in [-0.3, -0.25) is 4.79 Å².